The van der Waals surface area contributed by atoms with E-state index in [0.717, 1.165) is 47.2 Å². The molecule has 0 unspecified atom stereocenters. The van der Waals surface area contributed by atoms with E-state index >= 15 is 0 Å². The number of nitrogens with zero attached hydrogens (tertiary/aromatic N) is 2. The maximum Gasteiger partial charge on any atom is 0.260 e. The quantitative estimate of drug-likeness (QED) is 0.364. The number of aryl methyl sites for hydroxylation is 1. The highest BCUT2D eigenvalue weighted by Crippen LogP contribution is 2.23. The Labute approximate surface area is 173 Å². The van der Waals surface area contributed by atoms with E-state index in [2.05, 4.69) is 18.8 Å². The molecule has 0 saturated heterocycles. The predicted octanol–water partition coefficient (Wildman–Crippen LogP) is 6.21. The fourth-order valence-electron chi connectivity index (χ4n) is 3.62. The van der Waals surface area contributed by atoms with E-state index in [9.17, 15) is 4.79 Å². The van der Waals surface area contributed by atoms with Crippen molar-refractivity contribution >= 4 is 11.0 Å². The van der Waals surface area contributed by atoms with Crippen molar-refractivity contribution in [2.75, 3.05) is 6.61 Å². The van der Waals surface area contributed by atoms with Gasteiger partial charge in [0.05, 0.1) is 6.61 Å². The zero-order chi connectivity index (χ0) is 20.5. The van der Waals surface area contributed by atoms with Gasteiger partial charge in [0.15, 0.2) is 0 Å². The number of unbranched alkanes of at least 4 members (excludes halogenated alkanes) is 5. The molecule has 0 saturated carbocycles. The molecule has 0 bridgehead atoms. The van der Waals surface area contributed by atoms with Crippen molar-refractivity contribution in [2.45, 2.75) is 65.3 Å². The summed E-state index contributed by atoms with van der Waals surface area (Å²) in [6.45, 7) is 5.73. The van der Waals surface area contributed by atoms with Crippen LogP contribution < -0.4 is 10.3 Å². The largest absolute Gasteiger partial charge is 0.494 e. The Kier molecular flexibility index (Phi) is 7.85. The van der Waals surface area contributed by atoms with Gasteiger partial charge < -0.3 is 4.74 Å². The van der Waals surface area contributed by atoms with Crippen LogP contribution in [0, 0.1) is 0 Å². The molecule has 1 aromatic carbocycles. The first-order valence-electron chi connectivity index (χ1n) is 11.0. The lowest BCUT2D eigenvalue weighted by molar-refractivity contribution is 0.317. The second kappa shape index (κ2) is 10.8. The molecule has 0 aliphatic heterocycles. The minimum Gasteiger partial charge on any atom is -0.494 e. The van der Waals surface area contributed by atoms with Gasteiger partial charge in [-0.3, -0.25) is 9.36 Å². The molecule has 0 N–H and O–H groups in total. The maximum absolute atomic E-state index is 13.3. The Morgan fingerprint density at radius 1 is 0.931 bits per heavy atom. The fraction of sp³-hybridized carbons (Fsp3) is 0.440. The third-order valence-electron chi connectivity index (χ3n) is 5.22. The number of ether oxygens (including phenoxy) is 1. The monoisotopic (exact) mass is 392 g/mol. The molecule has 0 atom stereocenters. The molecule has 4 heteroatoms. The molecule has 29 heavy (non-hydrogen) atoms. The SMILES string of the molecule is CCCCCCCCn1c(=O)c(-c2ccc(OCCC)cc2)cc2cccnc21. The van der Waals surface area contributed by atoms with Crippen molar-refractivity contribution in [3.8, 4) is 16.9 Å². The van der Waals surface area contributed by atoms with Gasteiger partial charge in [-0.2, -0.15) is 0 Å². The summed E-state index contributed by atoms with van der Waals surface area (Å²) in [6, 6.07) is 13.7. The van der Waals surface area contributed by atoms with E-state index < -0.39 is 0 Å². The average Bonchev–Trinajstić information content (AvgIpc) is 2.76. The molecule has 3 rings (SSSR count). The summed E-state index contributed by atoms with van der Waals surface area (Å²) in [7, 11) is 0. The number of fused-ring (bicyclic) bond motifs is 1. The van der Waals surface area contributed by atoms with Crippen LogP contribution in [-0.2, 0) is 6.54 Å². The van der Waals surface area contributed by atoms with Crippen LogP contribution in [0.15, 0.2) is 53.5 Å². The van der Waals surface area contributed by atoms with E-state index in [1.165, 1.54) is 25.7 Å². The third-order valence-corrected chi connectivity index (χ3v) is 5.22. The first-order valence-corrected chi connectivity index (χ1v) is 11.0. The van der Waals surface area contributed by atoms with Crippen molar-refractivity contribution in [3.05, 3.63) is 59.0 Å². The second-order valence-corrected chi connectivity index (χ2v) is 7.57. The number of rotatable bonds is 11. The number of hydrogen-bond donors (Lipinski definition) is 0. The summed E-state index contributed by atoms with van der Waals surface area (Å²) in [6.07, 6.45) is 9.93. The van der Waals surface area contributed by atoms with Crippen LogP contribution >= 0.6 is 0 Å². The van der Waals surface area contributed by atoms with Crippen LogP contribution in [0.25, 0.3) is 22.2 Å². The third kappa shape index (κ3) is 5.47. The van der Waals surface area contributed by atoms with Gasteiger partial charge in [-0.05, 0) is 48.7 Å². The number of pyridine rings is 2. The minimum absolute atomic E-state index is 0.0342. The molecule has 0 aliphatic carbocycles. The smallest absolute Gasteiger partial charge is 0.260 e. The van der Waals surface area contributed by atoms with E-state index in [1.54, 1.807) is 6.20 Å². The normalized spacial score (nSPS) is 11.1. The predicted molar refractivity (Wildman–Crippen MR) is 121 cm³/mol. The minimum atomic E-state index is 0.0342. The van der Waals surface area contributed by atoms with Crippen LogP contribution in [-0.4, -0.2) is 16.2 Å². The Hall–Kier alpha value is -2.62. The van der Waals surface area contributed by atoms with E-state index in [-0.39, 0.29) is 5.56 Å². The molecule has 0 spiro atoms. The van der Waals surface area contributed by atoms with Crippen molar-refractivity contribution in [3.63, 3.8) is 0 Å². The maximum atomic E-state index is 13.3. The molecule has 0 aliphatic rings. The Morgan fingerprint density at radius 2 is 1.69 bits per heavy atom. The molecular formula is C25H32N2O2. The molecule has 2 aromatic heterocycles. The lowest BCUT2D eigenvalue weighted by atomic mass is 10.1. The van der Waals surface area contributed by atoms with Gasteiger partial charge in [0.1, 0.15) is 11.4 Å². The van der Waals surface area contributed by atoms with Crippen LogP contribution in [0.2, 0.25) is 0 Å². The van der Waals surface area contributed by atoms with E-state index in [1.807, 2.05) is 47.0 Å². The van der Waals surface area contributed by atoms with Crippen LogP contribution in [0.5, 0.6) is 5.75 Å². The number of benzene rings is 1. The van der Waals surface area contributed by atoms with Gasteiger partial charge in [-0.1, -0.05) is 58.1 Å². The second-order valence-electron chi connectivity index (χ2n) is 7.57. The van der Waals surface area contributed by atoms with Gasteiger partial charge in [0.2, 0.25) is 0 Å². The summed E-state index contributed by atoms with van der Waals surface area (Å²) in [5.41, 5.74) is 2.45. The molecular weight excluding hydrogens is 360 g/mol. The van der Waals surface area contributed by atoms with Gasteiger partial charge in [0.25, 0.3) is 5.56 Å². The summed E-state index contributed by atoms with van der Waals surface area (Å²) < 4.78 is 7.52. The molecule has 0 fully saturated rings. The summed E-state index contributed by atoms with van der Waals surface area (Å²) in [5, 5.41) is 0.999. The van der Waals surface area contributed by atoms with Crippen LogP contribution in [0.3, 0.4) is 0 Å². The summed E-state index contributed by atoms with van der Waals surface area (Å²) in [4.78, 5) is 17.8. The lowest BCUT2D eigenvalue weighted by Crippen LogP contribution is -2.23. The van der Waals surface area contributed by atoms with Crippen molar-refractivity contribution in [1.29, 1.82) is 0 Å². The number of hydrogen-bond acceptors (Lipinski definition) is 3. The molecule has 2 heterocycles. The molecule has 0 radical (unpaired) electrons. The first kappa shape index (κ1) is 21.1. The zero-order valence-electron chi connectivity index (χ0n) is 17.7. The van der Waals surface area contributed by atoms with Crippen LogP contribution in [0.1, 0.15) is 58.8 Å². The lowest BCUT2D eigenvalue weighted by Gasteiger charge is -2.13. The molecule has 3 aromatic rings. The molecule has 4 nitrogen and oxygen atoms in total. The molecule has 0 amide bonds. The number of aromatic nitrogens is 2. The average molecular weight is 393 g/mol. The standard InChI is InChI=1S/C25H32N2O2/c1-3-5-6-7-8-9-17-27-24-21(11-10-16-26-24)19-23(25(27)28)20-12-14-22(15-13-20)29-18-4-2/h10-16,19H,3-9,17-18H2,1-2H3. The van der Waals surface area contributed by atoms with Crippen molar-refractivity contribution in [1.82, 2.24) is 9.55 Å². The van der Waals surface area contributed by atoms with Gasteiger partial charge in [0, 0.05) is 23.7 Å². The van der Waals surface area contributed by atoms with Gasteiger partial charge in [-0.15, -0.1) is 0 Å². The highest BCUT2D eigenvalue weighted by molar-refractivity contribution is 5.81. The topological polar surface area (TPSA) is 44.1 Å². The Morgan fingerprint density at radius 3 is 2.45 bits per heavy atom. The molecule has 154 valence electrons. The summed E-state index contributed by atoms with van der Waals surface area (Å²) >= 11 is 0. The first-order chi connectivity index (χ1) is 14.2. The van der Waals surface area contributed by atoms with Crippen molar-refractivity contribution < 1.29 is 4.74 Å². The van der Waals surface area contributed by atoms with E-state index in [0.29, 0.717) is 13.2 Å². The highest BCUT2D eigenvalue weighted by Gasteiger charge is 2.12. The fourth-order valence-corrected chi connectivity index (χ4v) is 3.62. The summed E-state index contributed by atoms with van der Waals surface area (Å²) in [5.74, 6) is 0.838. The highest BCUT2D eigenvalue weighted by atomic mass is 16.5. The van der Waals surface area contributed by atoms with Gasteiger partial charge >= 0.3 is 0 Å². The van der Waals surface area contributed by atoms with Crippen LogP contribution in [0.4, 0.5) is 0 Å². The van der Waals surface area contributed by atoms with Gasteiger partial charge in [-0.25, -0.2) is 4.98 Å². The Balaban J connectivity index is 1.86. The van der Waals surface area contributed by atoms with Crippen molar-refractivity contribution in [2.24, 2.45) is 0 Å². The van der Waals surface area contributed by atoms with E-state index in [4.69, 9.17) is 4.74 Å². The Bertz CT molecular complexity index is 961. The zero-order valence-corrected chi connectivity index (χ0v) is 17.7.